The second kappa shape index (κ2) is 6.03. The topological polar surface area (TPSA) is 17.1 Å². The van der Waals surface area contributed by atoms with Crippen molar-refractivity contribution in [2.75, 3.05) is 5.33 Å². The van der Waals surface area contributed by atoms with Gasteiger partial charge in [-0.05, 0) is 17.2 Å². The van der Waals surface area contributed by atoms with Crippen molar-refractivity contribution in [3.63, 3.8) is 0 Å². The zero-order valence-electron chi connectivity index (χ0n) is 7.40. The Bertz CT molecular complexity index is 336. The molecule has 1 rings (SSSR count). The van der Waals surface area contributed by atoms with E-state index in [-0.39, 0.29) is 5.78 Å². The van der Waals surface area contributed by atoms with E-state index in [2.05, 4.69) is 47.8 Å². The van der Waals surface area contributed by atoms with Crippen LogP contribution in [0.1, 0.15) is 11.1 Å². The van der Waals surface area contributed by atoms with Gasteiger partial charge in [0.05, 0.1) is 5.33 Å². The molecular weight excluding hydrogens is 376 g/mol. The second-order valence-electron chi connectivity index (χ2n) is 2.91. The lowest BCUT2D eigenvalue weighted by Gasteiger charge is -2.04. The van der Waals surface area contributed by atoms with Crippen molar-refractivity contribution < 1.29 is 4.79 Å². The van der Waals surface area contributed by atoms with Crippen LogP contribution in [-0.2, 0) is 16.5 Å². The lowest BCUT2D eigenvalue weighted by atomic mass is 10.1. The highest BCUT2D eigenvalue weighted by molar-refractivity contribution is 9.10. The number of carbonyl (C=O) groups excluding carboxylic acids is 1. The van der Waals surface area contributed by atoms with Gasteiger partial charge in [-0.1, -0.05) is 59.9 Å². The molecule has 4 heteroatoms. The van der Waals surface area contributed by atoms with E-state index >= 15 is 0 Å². The lowest BCUT2D eigenvalue weighted by molar-refractivity contribution is -0.115. The third kappa shape index (κ3) is 3.48. The van der Waals surface area contributed by atoms with Crippen LogP contribution in [0.15, 0.2) is 22.7 Å². The van der Waals surface area contributed by atoms with Crippen LogP contribution in [0.4, 0.5) is 0 Å². The van der Waals surface area contributed by atoms with E-state index in [1.54, 1.807) is 0 Å². The van der Waals surface area contributed by atoms with Gasteiger partial charge < -0.3 is 0 Å². The minimum Gasteiger partial charge on any atom is -0.298 e. The molecule has 0 radical (unpaired) electrons. The summed E-state index contributed by atoms with van der Waals surface area (Å²) in [5, 5.41) is 1.23. The van der Waals surface area contributed by atoms with Crippen molar-refractivity contribution in [2.24, 2.45) is 0 Å². The van der Waals surface area contributed by atoms with Crippen molar-refractivity contribution in [2.45, 2.75) is 11.8 Å². The molecular formula is C10H9Br3O. The van der Waals surface area contributed by atoms with Gasteiger partial charge in [0.2, 0.25) is 0 Å². The molecule has 14 heavy (non-hydrogen) atoms. The Morgan fingerprint density at radius 1 is 1.29 bits per heavy atom. The van der Waals surface area contributed by atoms with E-state index in [0.717, 1.165) is 15.4 Å². The molecule has 0 saturated heterocycles. The minimum absolute atomic E-state index is 0.192. The quantitative estimate of drug-likeness (QED) is 0.721. The van der Waals surface area contributed by atoms with Crippen LogP contribution in [0.3, 0.4) is 0 Å². The molecule has 0 atom stereocenters. The number of alkyl halides is 2. The smallest absolute Gasteiger partial charge is 0.147 e. The van der Waals surface area contributed by atoms with Gasteiger partial charge in [0.25, 0.3) is 0 Å². The van der Waals surface area contributed by atoms with Crippen molar-refractivity contribution >= 4 is 53.6 Å². The van der Waals surface area contributed by atoms with Crippen LogP contribution >= 0.6 is 47.8 Å². The number of hydrogen-bond acceptors (Lipinski definition) is 1. The average molecular weight is 385 g/mol. The van der Waals surface area contributed by atoms with Crippen LogP contribution < -0.4 is 0 Å². The molecule has 0 aliphatic heterocycles. The van der Waals surface area contributed by atoms with E-state index in [0.29, 0.717) is 11.8 Å². The summed E-state index contributed by atoms with van der Waals surface area (Å²) >= 11 is 9.98. The minimum atomic E-state index is 0.192. The van der Waals surface area contributed by atoms with Crippen LogP contribution in [0.25, 0.3) is 0 Å². The van der Waals surface area contributed by atoms with Gasteiger partial charge in [0, 0.05) is 16.2 Å². The number of Topliss-reactive ketones (excluding diaryl/α,β-unsaturated/α-hetero) is 1. The normalized spacial score (nSPS) is 10.2. The van der Waals surface area contributed by atoms with Crippen LogP contribution in [0.5, 0.6) is 0 Å². The van der Waals surface area contributed by atoms with Crippen molar-refractivity contribution in [1.29, 1.82) is 0 Å². The third-order valence-electron chi connectivity index (χ3n) is 1.80. The van der Waals surface area contributed by atoms with Crippen molar-refractivity contribution in [3.05, 3.63) is 33.8 Å². The van der Waals surface area contributed by atoms with E-state index in [4.69, 9.17) is 0 Å². The van der Waals surface area contributed by atoms with E-state index in [1.165, 1.54) is 5.56 Å². The molecule has 0 N–H and O–H groups in total. The zero-order chi connectivity index (χ0) is 10.6. The second-order valence-corrected chi connectivity index (χ2v) is 4.88. The molecule has 0 aliphatic carbocycles. The molecule has 1 nitrogen and oxygen atoms in total. The van der Waals surface area contributed by atoms with E-state index in [9.17, 15) is 4.79 Å². The van der Waals surface area contributed by atoms with Crippen LogP contribution in [0, 0.1) is 0 Å². The fourth-order valence-corrected chi connectivity index (χ4v) is 2.04. The summed E-state index contributed by atoms with van der Waals surface area (Å²) in [7, 11) is 0. The number of benzene rings is 1. The fourth-order valence-electron chi connectivity index (χ4n) is 1.11. The molecule has 1 aromatic carbocycles. The molecule has 0 unspecified atom stereocenters. The Morgan fingerprint density at radius 2 is 2.00 bits per heavy atom. The first kappa shape index (κ1) is 12.4. The Labute approximate surface area is 109 Å². The Balaban J connectivity index is 2.89. The molecule has 0 bridgehead atoms. The summed E-state index contributed by atoms with van der Waals surface area (Å²) in [5.41, 5.74) is 2.23. The maximum atomic E-state index is 11.3. The first-order valence-electron chi connectivity index (χ1n) is 4.08. The first-order chi connectivity index (χ1) is 6.67. The molecule has 0 heterocycles. The van der Waals surface area contributed by atoms with E-state index in [1.807, 2.05) is 18.2 Å². The van der Waals surface area contributed by atoms with Gasteiger partial charge in [0.1, 0.15) is 5.78 Å². The van der Waals surface area contributed by atoms with Crippen LogP contribution in [0.2, 0.25) is 0 Å². The monoisotopic (exact) mass is 382 g/mol. The summed E-state index contributed by atoms with van der Waals surface area (Å²) < 4.78 is 0.997. The maximum absolute atomic E-state index is 11.3. The number of halogens is 3. The average Bonchev–Trinajstić information content (AvgIpc) is 2.21. The van der Waals surface area contributed by atoms with Crippen molar-refractivity contribution in [3.8, 4) is 0 Å². The summed E-state index contributed by atoms with van der Waals surface area (Å²) in [6, 6.07) is 6.05. The summed E-state index contributed by atoms with van der Waals surface area (Å²) in [5.74, 6) is 0.192. The number of hydrogen-bond donors (Lipinski definition) is 0. The van der Waals surface area contributed by atoms with Crippen molar-refractivity contribution in [1.82, 2.24) is 0 Å². The Kier molecular flexibility index (Phi) is 5.34. The molecule has 1 aromatic rings. The SMILES string of the molecule is O=C(CBr)Cc1cc(CBr)ccc1Br. The van der Waals surface area contributed by atoms with Gasteiger partial charge >= 0.3 is 0 Å². The van der Waals surface area contributed by atoms with Gasteiger partial charge in [-0.3, -0.25) is 4.79 Å². The number of carbonyl (C=O) groups is 1. The third-order valence-corrected chi connectivity index (χ3v) is 3.85. The van der Waals surface area contributed by atoms with Gasteiger partial charge in [-0.15, -0.1) is 0 Å². The predicted molar refractivity (Wildman–Crippen MR) is 69.3 cm³/mol. The molecule has 0 fully saturated rings. The maximum Gasteiger partial charge on any atom is 0.147 e. The van der Waals surface area contributed by atoms with Gasteiger partial charge in [0.15, 0.2) is 0 Å². The first-order valence-corrected chi connectivity index (χ1v) is 7.12. The van der Waals surface area contributed by atoms with Gasteiger partial charge in [-0.25, -0.2) is 0 Å². The number of rotatable bonds is 4. The Hall–Kier alpha value is 0.330. The van der Waals surface area contributed by atoms with Crippen LogP contribution in [-0.4, -0.2) is 11.1 Å². The predicted octanol–water partition coefficient (Wildman–Crippen LogP) is 3.85. The number of ketones is 1. The summed E-state index contributed by atoms with van der Waals surface area (Å²) in [4.78, 5) is 11.3. The standard InChI is InChI=1S/C10H9Br3O/c11-5-7-1-2-10(13)8(3-7)4-9(14)6-12/h1-3H,4-6H2. The fraction of sp³-hybridized carbons (Fsp3) is 0.300. The molecule has 76 valence electrons. The summed E-state index contributed by atoms with van der Waals surface area (Å²) in [6.07, 6.45) is 0.479. The molecule has 0 spiro atoms. The van der Waals surface area contributed by atoms with E-state index < -0.39 is 0 Å². The lowest BCUT2D eigenvalue weighted by Crippen LogP contribution is -2.04. The molecule has 0 saturated carbocycles. The largest absolute Gasteiger partial charge is 0.298 e. The molecule has 0 amide bonds. The molecule has 0 aliphatic rings. The zero-order valence-corrected chi connectivity index (χ0v) is 12.2. The Morgan fingerprint density at radius 3 is 2.57 bits per heavy atom. The highest BCUT2D eigenvalue weighted by atomic mass is 79.9. The highest BCUT2D eigenvalue weighted by Crippen LogP contribution is 2.20. The molecule has 0 aromatic heterocycles. The van der Waals surface area contributed by atoms with Gasteiger partial charge in [-0.2, -0.15) is 0 Å². The summed E-state index contributed by atoms with van der Waals surface area (Å²) in [6.45, 7) is 0. The highest BCUT2D eigenvalue weighted by Gasteiger charge is 2.06.